The second kappa shape index (κ2) is 15.1. The second-order valence-corrected chi connectivity index (χ2v) is 15.9. The van der Waals surface area contributed by atoms with Gasteiger partial charge in [0.25, 0.3) is 0 Å². The average Bonchev–Trinajstić information content (AvgIpc) is 3.53. The van der Waals surface area contributed by atoms with Crippen molar-refractivity contribution in [2.45, 2.75) is 137 Å². The zero-order valence-corrected chi connectivity index (χ0v) is 31.1. The molecular weight excluding hydrogens is 600 g/mol. The van der Waals surface area contributed by atoms with Crippen LogP contribution in [0.15, 0.2) is 100 Å². The minimum atomic E-state index is -1.11. The third-order valence-corrected chi connectivity index (χ3v) is 10.1. The van der Waals surface area contributed by atoms with Gasteiger partial charge in [0.05, 0.1) is 17.3 Å². The van der Waals surface area contributed by atoms with Crippen molar-refractivity contribution in [2.24, 2.45) is 10.8 Å². The lowest BCUT2D eigenvalue weighted by atomic mass is 9.61. The Bertz CT molecular complexity index is 1510. The van der Waals surface area contributed by atoms with Crippen LogP contribution in [0.5, 0.6) is 0 Å². The minimum absolute atomic E-state index is 0.0816. The Labute approximate surface area is 289 Å². The van der Waals surface area contributed by atoms with E-state index in [1.165, 1.54) is 6.92 Å². The largest absolute Gasteiger partial charge is 0.462 e. The number of allylic oxidation sites excluding steroid dienone is 14. The third kappa shape index (κ3) is 9.66. The topological polar surface area (TPSA) is 96.4 Å². The number of fused-ring (bicyclic) bond motifs is 1. The van der Waals surface area contributed by atoms with E-state index in [0.29, 0.717) is 37.7 Å². The van der Waals surface area contributed by atoms with E-state index in [0.717, 1.165) is 22.3 Å². The second-order valence-electron chi connectivity index (χ2n) is 15.9. The number of hydrogen-bond acceptors (Lipinski definition) is 6. The van der Waals surface area contributed by atoms with Crippen molar-refractivity contribution in [1.29, 1.82) is 0 Å². The Morgan fingerprint density at radius 2 is 1.38 bits per heavy atom. The fourth-order valence-electron chi connectivity index (χ4n) is 7.76. The molecule has 0 aromatic rings. The number of ketones is 1. The zero-order valence-electron chi connectivity index (χ0n) is 31.1. The van der Waals surface area contributed by atoms with Crippen molar-refractivity contribution in [1.82, 2.24) is 0 Å². The van der Waals surface area contributed by atoms with E-state index in [2.05, 4.69) is 19.6 Å². The highest BCUT2D eigenvalue weighted by Gasteiger charge is 2.76. The molecule has 5 atom stereocenters. The maximum atomic E-state index is 13.1. The molecule has 2 aliphatic carbocycles. The molecule has 6 heteroatoms. The number of aliphatic hydroxyl groups excluding tert-OH is 1. The van der Waals surface area contributed by atoms with Gasteiger partial charge in [-0.2, -0.15) is 0 Å². The summed E-state index contributed by atoms with van der Waals surface area (Å²) in [5.41, 5.74) is 5.35. The number of epoxide rings is 1. The van der Waals surface area contributed by atoms with Gasteiger partial charge >= 0.3 is 5.97 Å². The first-order valence-corrected chi connectivity index (χ1v) is 17.1. The molecule has 0 aromatic carbocycles. The molecule has 2 saturated carbocycles. The molecule has 0 aromatic heterocycles. The van der Waals surface area contributed by atoms with E-state index < -0.39 is 16.8 Å². The summed E-state index contributed by atoms with van der Waals surface area (Å²) in [5.74, 6) is -0.244. The van der Waals surface area contributed by atoms with E-state index in [1.54, 1.807) is 6.92 Å². The highest BCUT2D eigenvalue weighted by molar-refractivity contribution is 5.96. The van der Waals surface area contributed by atoms with Crippen LogP contribution in [0.2, 0.25) is 0 Å². The smallest absolute Gasteiger partial charge is 0.302 e. The van der Waals surface area contributed by atoms with Crippen molar-refractivity contribution < 1.29 is 29.3 Å². The number of rotatable bonds is 11. The van der Waals surface area contributed by atoms with Gasteiger partial charge in [-0.15, -0.1) is 5.73 Å². The molecule has 3 unspecified atom stereocenters. The molecule has 0 amide bonds. The lowest BCUT2D eigenvalue weighted by Gasteiger charge is -2.44. The van der Waals surface area contributed by atoms with Gasteiger partial charge in [0, 0.05) is 31.8 Å². The van der Waals surface area contributed by atoms with Crippen LogP contribution < -0.4 is 0 Å². The predicted octanol–water partition coefficient (Wildman–Crippen LogP) is 8.69. The minimum Gasteiger partial charge on any atom is -0.462 e. The van der Waals surface area contributed by atoms with E-state index in [9.17, 15) is 19.8 Å². The fourth-order valence-corrected chi connectivity index (χ4v) is 7.76. The number of carbonyl (C=O) groups excluding carboxylic acids is 2. The molecule has 0 spiro atoms. The quantitative estimate of drug-likeness (QED) is 0.0758. The van der Waals surface area contributed by atoms with E-state index in [-0.39, 0.29) is 34.8 Å². The predicted molar refractivity (Wildman–Crippen MR) is 194 cm³/mol. The molecule has 48 heavy (non-hydrogen) atoms. The monoisotopic (exact) mass is 658 g/mol. The molecule has 1 heterocycles. The molecule has 0 radical (unpaired) electrons. The Morgan fingerprint density at radius 1 is 0.812 bits per heavy atom. The van der Waals surface area contributed by atoms with Gasteiger partial charge in [-0.3, -0.25) is 9.59 Å². The highest BCUT2D eigenvalue weighted by Crippen LogP contribution is 2.67. The Kier molecular flexibility index (Phi) is 12.3. The number of carbonyl (C=O) groups is 2. The van der Waals surface area contributed by atoms with Crippen LogP contribution in [-0.2, 0) is 19.1 Å². The summed E-state index contributed by atoms with van der Waals surface area (Å²) >= 11 is 0. The lowest BCUT2D eigenvalue weighted by molar-refractivity contribution is -0.152. The molecular formula is C42H58O6. The molecule has 1 aliphatic heterocycles. The summed E-state index contributed by atoms with van der Waals surface area (Å²) < 4.78 is 11.6. The third-order valence-electron chi connectivity index (χ3n) is 10.1. The summed E-state index contributed by atoms with van der Waals surface area (Å²) in [6.45, 7) is 21.4. The van der Waals surface area contributed by atoms with Crippen LogP contribution in [0.1, 0.15) is 108 Å². The van der Waals surface area contributed by atoms with Gasteiger partial charge in [-0.05, 0) is 82.4 Å². The Hall–Kier alpha value is -3.28. The molecule has 2 N–H and O–H groups in total. The van der Waals surface area contributed by atoms with E-state index >= 15 is 0 Å². The van der Waals surface area contributed by atoms with Crippen molar-refractivity contribution in [2.75, 3.05) is 0 Å². The molecule has 1 saturated heterocycles. The average molecular weight is 659 g/mol. The molecule has 0 bridgehead atoms. The Morgan fingerprint density at radius 3 is 1.92 bits per heavy atom. The van der Waals surface area contributed by atoms with E-state index in [1.807, 2.05) is 115 Å². The van der Waals surface area contributed by atoms with Crippen LogP contribution in [0.3, 0.4) is 0 Å². The van der Waals surface area contributed by atoms with Crippen LogP contribution in [0.25, 0.3) is 0 Å². The van der Waals surface area contributed by atoms with Gasteiger partial charge in [0.1, 0.15) is 11.7 Å². The maximum Gasteiger partial charge on any atom is 0.302 e. The first-order valence-electron chi connectivity index (χ1n) is 17.1. The summed E-state index contributed by atoms with van der Waals surface area (Å²) in [6, 6.07) is 0. The van der Waals surface area contributed by atoms with Gasteiger partial charge in [0.15, 0.2) is 5.78 Å². The normalized spacial score (nSPS) is 32.4. The first kappa shape index (κ1) is 39.2. The van der Waals surface area contributed by atoms with Crippen LogP contribution in [-0.4, -0.2) is 51.0 Å². The summed E-state index contributed by atoms with van der Waals surface area (Å²) in [5, 5.41) is 21.4. The number of ether oxygens (including phenoxy) is 2. The molecule has 3 fully saturated rings. The van der Waals surface area contributed by atoms with E-state index in [4.69, 9.17) is 9.47 Å². The van der Waals surface area contributed by atoms with Gasteiger partial charge in [0.2, 0.25) is 0 Å². The SMILES string of the molecule is CC(=O)O[C@H]1CC(C)(C)C(=C=C/C(C)=C/C=C/C(C)=C/C=C/C=C(C)/C=C/C=C(\C)C(=O)CC23OC2(C)CC(O)CC3(C)C)[C@](C)(O)C1. The van der Waals surface area contributed by atoms with Gasteiger partial charge in [-0.25, -0.2) is 0 Å². The molecule has 3 aliphatic rings. The first-order chi connectivity index (χ1) is 22.1. The lowest BCUT2D eigenvalue weighted by Crippen LogP contribution is -2.48. The summed E-state index contributed by atoms with van der Waals surface area (Å²) in [7, 11) is 0. The van der Waals surface area contributed by atoms with Crippen LogP contribution >= 0.6 is 0 Å². The van der Waals surface area contributed by atoms with Gasteiger partial charge in [-0.1, -0.05) is 99.6 Å². The summed E-state index contributed by atoms with van der Waals surface area (Å²) in [4.78, 5) is 24.5. The van der Waals surface area contributed by atoms with Crippen molar-refractivity contribution >= 4 is 11.8 Å². The molecule has 3 rings (SSSR count). The highest BCUT2D eigenvalue weighted by atomic mass is 16.6. The summed E-state index contributed by atoms with van der Waals surface area (Å²) in [6.07, 6.45) is 23.6. The zero-order chi connectivity index (χ0) is 36.1. The van der Waals surface area contributed by atoms with Crippen LogP contribution in [0.4, 0.5) is 0 Å². The standard InChI is InChI=1S/C42H58O6/c1-29(18-14-19-31(3)22-23-37-38(6,7)26-35(47-33(5)43)27-40(37,10)46)16-12-13-17-30(2)20-15-21-32(4)36(45)28-42-39(8,9)24-34(44)25-41(42,11)48-42/h12-22,34-35,44,46H,24-28H2,1-11H3/b13-12+,18-14+,20-15+,29-16+,30-17+,31-19+,32-21+/t23?,34?,35-,40+,41?,42?/m0/s1. The van der Waals surface area contributed by atoms with Crippen LogP contribution in [0, 0.1) is 10.8 Å². The number of Topliss-reactive ketones (excluding diaryl/α,β-unsaturated/α-hetero) is 1. The molecule has 262 valence electrons. The van der Waals surface area contributed by atoms with Gasteiger partial charge < -0.3 is 19.7 Å². The fraction of sp³-hybridized carbons (Fsp3) is 0.548. The van der Waals surface area contributed by atoms with Crippen molar-refractivity contribution in [3.05, 3.63) is 100 Å². The number of esters is 1. The number of aliphatic hydroxyl groups is 2. The molecule has 6 nitrogen and oxygen atoms in total. The van der Waals surface area contributed by atoms with Crippen molar-refractivity contribution in [3.63, 3.8) is 0 Å². The van der Waals surface area contributed by atoms with Crippen molar-refractivity contribution in [3.8, 4) is 0 Å². The Balaban J connectivity index is 1.54. The maximum absolute atomic E-state index is 13.1. The number of hydrogen-bond donors (Lipinski definition) is 2.